The predicted molar refractivity (Wildman–Crippen MR) is 108 cm³/mol. The first kappa shape index (κ1) is 18.5. The van der Waals surface area contributed by atoms with Crippen LogP contribution in [0.5, 0.6) is 0 Å². The molecule has 0 saturated heterocycles. The lowest BCUT2D eigenvalue weighted by Gasteiger charge is -2.09. The maximum absolute atomic E-state index is 12.2. The van der Waals surface area contributed by atoms with Crippen LogP contribution in [0.25, 0.3) is 0 Å². The van der Waals surface area contributed by atoms with Crippen molar-refractivity contribution in [2.24, 2.45) is 0 Å². The largest absolute Gasteiger partial charge is 0.325 e. The second-order valence-electron chi connectivity index (χ2n) is 5.74. The molecule has 0 radical (unpaired) electrons. The molecule has 26 heavy (non-hydrogen) atoms. The van der Waals surface area contributed by atoms with E-state index in [1.807, 2.05) is 43.3 Å². The molecule has 0 aliphatic heterocycles. The third-order valence-electron chi connectivity index (χ3n) is 3.61. The first-order valence-corrected chi connectivity index (χ1v) is 9.96. The summed E-state index contributed by atoms with van der Waals surface area (Å²) in [5.74, 6) is 0.227. The normalized spacial score (nSPS) is 10.5. The monoisotopic (exact) mass is 381 g/mol. The van der Waals surface area contributed by atoms with E-state index in [2.05, 4.69) is 34.3 Å². The fraction of sp³-hybridized carbons (Fsp3) is 0.150. The molecule has 0 spiro atoms. The van der Waals surface area contributed by atoms with Crippen molar-refractivity contribution in [3.8, 4) is 0 Å². The van der Waals surface area contributed by atoms with E-state index in [-0.39, 0.29) is 11.7 Å². The zero-order chi connectivity index (χ0) is 18.4. The van der Waals surface area contributed by atoms with Crippen molar-refractivity contribution in [1.29, 1.82) is 0 Å². The minimum Gasteiger partial charge on any atom is -0.325 e. The summed E-state index contributed by atoms with van der Waals surface area (Å²) < 4.78 is 0. The molecule has 3 rings (SSSR count). The van der Waals surface area contributed by atoms with Gasteiger partial charge in [-0.3, -0.25) is 4.79 Å². The first-order chi connectivity index (χ1) is 12.6. The highest BCUT2D eigenvalue weighted by molar-refractivity contribution is 8.02. The van der Waals surface area contributed by atoms with Gasteiger partial charge >= 0.3 is 0 Å². The lowest BCUT2D eigenvalue weighted by Crippen LogP contribution is -2.14. The summed E-state index contributed by atoms with van der Waals surface area (Å²) in [5.41, 5.74) is 3.15. The molecule has 0 saturated carbocycles. The van der Waals surface area contributed by atoms with E-state index < -0.39 is 0 Å². The summed E-state index contributed by atoms with van der Waals surface area (Å²) in [6.07, 6.45) is 3.33. The number of aromatic nitrogens is 2. The summed E-state index contributed by atoms with van der Waals surface area (Å²) in [6.45, 7) is 4.09. The van der Waals surface area contributed by atoms with Crippen molar-refractivity contribution in [2.75, 3.05) is 11.1 Å². The third-order valence-corrected chi connectivity index (χ3v) is 5.89. The number of hydrogen-bond acceptors (Lipinski definition) is 5. The van der Waals surface area contributed by atoms with Crippen molar-refractivity contribution in [2.45, 2.75) is 28.8 Å². The number of carbonyl (C=O) groups excluding carboxylic acids is 1. The van der Waals surface area contributed by atoms with Crippen molar-refractivity contribution >= 4 is 35.1 Å². The van der Waals surface area contributed by atoms with Gasteiger partial charge in [-0.15, -0.1) is 0 Å². The highest BCUT2D eigenvalue weighted by Crippen LogP contribution is 2.34. The van der Waals surface area contributed by atoms with Crippen molar-refractivity contribution < 1.29 is 4.79 Å². The Bertz CT molecular complexity index is 898. The third kappa shape index (κ3) is 5.09. The second kappa shape index (κ2) is 8.87. The summed E-state index contributed by atoms with van der Waals surface area (Å²) in [6, 6.07) is 15.9. The molecule has 3 aromatic rings. The molecular weight excluding hydrogens is 362 g/mol. The molecule has 0 bridgehead atoms. The highest BCUT2D eigenvalue weighted by Gasteiger charge is 2.11. The fourth-order valence-corrected chi connectivity index (χ4v) is 4.02. The molecular formula is C20H19N3OS2. The average Bonchev–Trinajstić information content (AvgIpc) is 2.65. The van der Waals surface area contributed by atoms with Crippen LogP contribution in [0.2, 0.25) is 0 Å². The molecule has 6 heteroatoms. The summed E-state index contributed by atoms with van der Waals surface area (Å²) in [4.78, 5) is 22.2. The standard InChI is InChI=1S/C20H19N3OS2/c1-14-7-9-16(10-8-14)23-18(24)13-25-19-20(22-12-11-21-19)26-17-6-4-3-5-15(17)2/h3-12H,13H2,1-2H3,(H,23,24). The van der Waals surface area contributed by atoms with Crippen LogP contribution >= 0.6 is 23.5 Å². The number of nitrogens with one attached hydrogen (secondary N) is 1. The molecule has 132 valence electrons. The van der Waals surface area contributed by atoms with Gasteiger partial charge in [0.2, 0.25) is 5.91 Å². The van der Waals surface area contributed by atoms with Crippen LogP contribution < -0.4 is 5.32 Å². The fourth-order valence-electron chi connectivity index (χ4n) is 2.22. The Hall–Kier alpha value is -2.31. The molecule has 4 nitrogen and oxygen atoms in total. The van der Waals surface area contributed by atoms with Crippen LogP contribution in [0.1, 0.15) is 11.1 Å². The van der Waals surface area contributed by atoms with Gasteiger partial charge in [0, 0.05) is 23.0 Å². The van der Waals surface area contributed by atoms with E-state index in [0.29, 0.717) is 0 Å². The van der Waals surface area contributed by atoms with Gasteiger partial charge in [0.15, 0.2) is 0 Å². The Balaban J connectivity index is 1.64. The number of anilines is 1. The van der Waals surface area contributed by atoms with E-state index >= 15 is 0 Å². The Morgan fingerprint density at radius 2 is 1.65 bits per heavy atom. The van der Waals surface area contributed by atoms with Crippen LogP contribution in [0.4, 0.5) is 5.69 Å². The van der Waals surface area contributed by atoms with Gasteiger partial charge in [0.25, 0.3) is 0 Å². The van der Waals surface area contributed by atoms with Crippen LogP contribution in [0, 0.1) is 13.8 Å². The molecule has 0 aliphatic rings. The molecule has 1 aromatic heterocycles. The smallest absolute Gasteiger partial charge is 0.234 e. The lowest BCUT2D eigenvalue weighted by atomic mass is 10.2. The van der Waals surface area contributed by atoms with Gasteiger partial charge in [-0.25, -0.2) is 9.97 Å². The molecule has 0 fully saturated rings. The topological polar surface area (TPSA) is 54.9 Å². The van der Waals surface area contributed by atoms with E-state index in [4.69, 9.17) is 0 Å². The van der Waals surface area contributed by atoms with Gasteiger partial charge in [-0.2, -0.15) is 0 Å². The lowest BCUT2D eigenvalue weighted by molar-refractivity contribution is -0.113. The first-order valence-electron chi connectivity index (χ1n) is 8.15. The molecule has 0 unspecified atom stereocenters. The predicted octanol–water partition coefficient (Wildman–Crippen LogP) is 4.98. The minimum atomic E-state index is -0.0589. The van der Waals surface area contributed by atoms with Crippen LogP contribution in [0.15, 0.2) is 75.9 Å². The number of benzene rings is 2. The van der Waals surface area contributed by atoms with E-state index in [0.717, 1.165) is 26.2 Å². The molecule has 0 atom stereocenters. The molecule has 0 aliphatic carbocycles. The van der Waals surface area contributed by atoms with Crippen molar-refractivity contribution in [3.05, 3.63) is 72.1 Å². The van der Waals surface area contributed by atoms with Crippen molar-refractivity contribution in [1.82, 2.24) is 9.97 Å². The molecule has 1 heterocycles. The summed E-state index contributed by atoms with van der Waals surface area (Å²) in [7, 11) is 0. The number of thioether (sulfide) groups is 1. The van der Waals surface area contributed by atoms with Crippen LogP contribution in [-0.4, -0.2) is 21.6 Å². The molecule has 1 amide bonds. The van der Waals surface area contributed by atoms with Gasteiger partial charge in [0.05, 0.1) is 5.75 Å². The number of amides is 1. The zero-order valence-corrected chi connectivity index (χ0v) is 16.2. The highest BCUT2D eigenvalue weighted by atomic mass is 32.2. The number of nitrogens with zero attached hydrogens (tertiary/aromatic N) is 2. The van der Waals surface area contributed by atoms with E-state index in [1.54, 1.807) is 24.2 Å². The van der Waals surface area contributed by atoms with Gasteiger partial charge in [-0.1, -0.05) is 59.4 Å². The number of hydrogen-bond donors (Lipinski definition) is 1. The zero-order valence-electron chi connectivity index (χ0n) is 14.6. The van der Waals surface area contributed by atoms with Gasteiger partial charge in [0.1, 0.15) is 10.1 Å². The second-order valence-corrected chi connectivity index (χ2v) is 7.73. The molecule has 2 aromatic carbocycles. The van der Waals surface area contributed by atoms with Crippen molar-refractivity contribution in [3.63, 3.8) is 0 Å². The van der Waals surface area contributed by atoms with Crippen LogP contribution in [-0.2, 0) is 4.79 Å². The van der Waals surface area contributed by atoms with Crippen LogP contribution in [0.3, 0.4) is 0 Å². The quantitative estimate of drug-likeness (QED) is 0.611. The number of aryl methyl sites for hydroxylation is 2. The Morgan fingerprint density at radius 1 is 0.962 bits per heavy atom. The minimum absolute atomic E-state index is 0.0589. The molecule has 1 N–H and O–H groups in total. The number of rotatable bonds is 6. The summed E-state index contributed by atoms with van der Waals surface area (Å²) in [5, 5.41) is 4.48. The Kier molecular flexibility index (Phi) is 6.30. The Labute approximate surface area is 161 Å². The Morgan fingerprint density at radius 3 is 2.38 bits per heavy atom. The SMILES string of the molecule is Cc1ccc(NC(=O)CSc2nccnc2Sc2ccccc2C)cc1. The number of carbonyl (C=O) groups is 1. The maximum Gasteiger partial charge on any atom is 0.234 e. The van der Waals surface area contributed by atoms with E-state index in [9.17, 15) is 4.79 Å². The average molecular weight is 382 g/mol. The summed E-state index contributed by atoms with van der Waals surface area (Å²) >= 11 is 2.97. The van der Waals surface area contributed by atoms with Gasteiger partial charge in [-0.05, 0) is 37.6 Å². The van der Waals surface area contributed by atoms with E-state index in [1.165, 1.54) is 17.3 Å². The maximum atomic E-state index is 12.2. The van der Waals surface area contributed by atoms with Gasteiger partial charge < -0.3 is 5.32 Å².